The molecule has 0 fully saturated rings. The van der Waals surface area contributed by atoms with E-state index < -0.39 is 0 Å². The maximum atomic E-state index is 12.1. The molecule has 0 unspecified atom stereocenters. The normalized spacial score (nSPS) is 10.0. The number of rotatable bonds is 3. The van der Waals surface area contributed by atoms with E-state index in [1.807, 2.05) is 31.2 Å². The molecule has 19 heavy (non-hydrogen) atoms. The summed E-state index contributed by atoms with van der Waals surface area (Å²) in [5, 5.41) is 3.44. The fourth-order valence-electron chi connectivity index (χ4n) is 1.78. The first-order valence-electron chi connectivity index (χ1n) is 5.90. The van der Waals surface area contributed by atoms with Gasteiger partial charge in [-0.2, -0.15) is 0 Å². The summed E-state index contributed by atoms with van der Waals surface area (Å²) in [4.78, 5) is 12.1. The van der Waals surface area contributed by atoms with Gasteiger partial charge in [-0.25, -0.2) is 0 Å². The van der Waals surface area contributed by atoms with Crippen LogP contribution in [0.3, 0.4) is 0 Å². The number of benzene rings is 2. The van der Waals surface area contributed by atoms with Crippen LogP contribution in [0.2, 0.25) is 5.02 Å². The van der Waals surface area contributed by atoms with Crippen LogP contribution in [0.15, 0.2) is 55.1 Å². The topological polar surface area (TPSA) is 29.1 Å². The Morgan fingerprint density at radius 1 is 1.16 bits per heavy atom. The first kappa shape index (κ1) is 13.4. The standard InChI is InChI=1S/C16H14ClNO/c1-11(2)14-9-8-13(17)10-15(14)18-16(19)12-6-4-3-5-7-12/h3-10H,1H2,2H3,(H,18,19). The predicted octanol–water partition coefficient (Wildman–Crippen LogP) is 4.63. The third kappa shape index (κ3) is 3.24. The van der Waals surface area contributed by atoms with Crippen LogP contribution in [0, 0.1) is 0 Å². The van der Waals surface area contributed by atoms with E-state index >= 15 is 0 Å². The summed E-state index contributed by atoms with van der Waals surface area (Å²) >= 11 is 5.97. The van der Waals surface area contributed by atoms with Crippen molar-refractivity contribution < 1.29 is 4.79 Å². The van der Waals surface area contributed by atoms with Crippen LogP contribution in [-0.2, 0) is 0 Å². The molecule has 2 nitrogen and oxygen atoms in total. The van der Waals surface area contributed by atoms with Gasteiger partial charge in [-0.15, -0.1) is 0 Å². The second-order valence-electron chi connectivity index (χ2n) is 4.29. The number of carbonyl (C=O) groups is 1. The third-order valence-corrected chi connectivity index (χ3v) is 2.96. The fourth-order valence-corrected chi connectivity index (χ4v) is 1.95. The Hall–Kier alpha value is -2.06. The van der Waals surface area contributed by atoms with Gasteiger partial charge < -0.3 is 5.32 Å². The van der Waals surface area contributed by atoms with E-state index in [1.165, 1.54) is 0 Å². The molecule has 0 saturated carbocycles. The maximum Gasteiger partial charge on any atom is 0.255 e. The minimum absolute atomic E-state index is 0.162. The van der Waals surface area contributed by atoms with Crippen molar-refractivity contribution in [1.29, 1.82) is 0 Å². The molecule has 0 aromatic heterocycles. The fraction of sp³-hybridized carbons (Fsp3) is 0.0625. The van der Waals surface area contributed by atoms with Gasteiger partial charge in [0.2, 0.25) is 0 Å². The average Bonchev–Trinajstić information content (AvgIpc) is 2.39. The highest BCUT2D eigenvalue weighted by Gasteiger charge is 2.09. The zero-order valence-electron chi connectivity index (χ0n) is 10.6. The molecule has 0 radical (unpaired) electrons. The second-order valence-corrected chi connectivity index (χ2v) is 4.73. The first-order chi connectivity index (χ1) is 9.08. The summed E-state index contributed by atoms with van der Waals surface area (Å²) in [5.74, 6) is -0.162. The van der Waals surface area contributed by atoms with Gasteiger partial charge in [0.25, 0.3) is 5.91 Å². The van der Waals surface area contributed by atoms with Crippen molar-refractivity contribution in [2.75, 3.05) is 5.32 Å². The Labute approximate surface area is 117 Å². The molecule has 0 atom stereocenters. The molecule has 0 bridgehead atoms. The zero-order valence-corrected chi connectivity index (χ0v) is 11.4. The smallest absolute Gasteiger partial charge is 0.255 e. The Bertz CT molecular complexity index is 620. The van der Waals surface area contributed by atoms with Crippen molar-refractivity contribution in [1.82, 2.24) is 0 Å². The molecule has 2 aromatic rings. The summed E-state index contributed by atoms with van der Waals surface area (Å²) in [7, 11) is 0. The van der Waals surface area contributed by atoms with Gasteiger partial charge >= 0.3 is 0 Å². The molecule has 0 heterocycles. The van der Waals surface area contributed by atoms with Crippen LogP contribution in [0.1, 0.15) is 22.8 Å². The Balaban J connectivity index is 2.31. The minimum Gasteiger partial charge on any atom is -0.321 e. The summed E-state index contributed by atoms with van der Waals surface area (Å²) in [6.07, 6.45) is 0. The zero-order chi connectivity index (χ0) is 13.8. The predicted molar refractivity (Wildman–Crippen MR) is 80.6 cm³/mol. The number of halogens is 1. The number of hydrogen-bond acceptors (Lipinski definition) is 1. The molecule has 0 spiro atoms. The Morgan fingerprint density at radius 3 is 2.47 bits per heavy atom. The number of carbonyl (C=O) groups excluding carboxylic acids is 1. The minimum atomic E-state index is -0.162. The largest absolute Gasteiger partial charge is 0.321 e. The van der Waals surface area contributed by atoms with E-state index in [2.05, 4.69) is 11.9 Å². The molecule has 3 heteroatoms. The van der Waals surface area contributed by atoms with Crippen molar-refractivity contribution in [2.24, 2.45) is 0 Å². The number of anilines is 1. The molecule has 0 saturated heterocycles. The van der Waals surface area contributed by atoms with Gasteiger partial charge in [-0.05, 0) is 36.8 Å². The van der Waals surface area contributed by atoms with Crippen molar-refractivity contribution >= 4 is 28.8 Å². The monoisotopic (exact) mass is 271 g/mol. The van der Waals surface area contributed by atoms with Crippen molar-refractivity contribution in [3.8, 4) is 0 Å². The van der Waals surface area contributed by atoms with E-state index in [4.69, 9.17) is 11.6 Å². The average molecular weight is 272 g/mol. The molecule has 0 aliphatic carbocycles. The number of nitrogens with one attached hydrogen (secondary N) is 1. The summed E-state index contributed by atoms with van der Waals surface area (Å²) in [6, 6.07) is 14.4. The van der Waals surface area contributed by atoms with Crippen LogP contribution in [0.5, 0.6) is 0 Å². The molecular weight excluding hydrogens is 258 g/mol. The summed E-state index contributed by atoms with van der Waals surface area (Å²) in [6.45, 7) is 5.79. The van der Waals surface area contributed by atoms with Crippen LogP contribution in [-0.4, -0.2) is 5.91 Å². The molecule has 96 valence electrons. The van der Waals surface area contributed by atoms with Crippen molar-refractivity contribution in [3.63, 3.8) is 0 Å². The highest BCUT2D eigenvalue weighted by atomic mass is 35.5. The van der Waals surface area contributed by atoms with Gasteiger partial charge in [0.05, 0.1) is 0 Å². The summed E-state index contributed by atoms with van der Waals surface area (Å²) in [5.41, 5.74) is 3.04. The van der Waals surface area contributed by atoms with Crippen LogP contribution in [0.25, 0.3) is 5.57 Å². The molecule has 0 aliphatic rings. The van der Waals surface area contributed by atoms with E-state index in [-0.39, 0.29) is 5.91 Å². The molecule has 1 amide bonds. The molecule has 2 aromatic carbocycles. The lowest BCUT2D eigenvalue weighted by Crippen LogP contribution is -2.12. The number of hydrogen-bond donors (Lipinski definition) is 1. The van der Waals surface area contributed by atoms with Crippen molar-refractivity contribution in [3.05, 3.63) is 71.3 Å². The van der Waals surface area contributed by atoms with E-state index in [1.54, 1.807) is 24.3 Å². The van der Waals surface area contributed by atoms with Gasteiger partial charge in [0, 0.05) is 21.8 Å². The van der Waals surface area contributed by atoms with Gasteiger partial charge in [0.1, 0.15) is 0 Å². The maximum absolute atomic E-state index is 12.1. The molecule has 1 N–H and O–H groups in total. The molecular formula is C16H14ClNO. The lowest BCUT2D eigenvalue weighted by Gasteiger charge is -2.11. The highest BCUT2D eigenvalue weighted by Crippen LogP contribution is 2.26. The van der Waals surface area contributed by atoms with E-state index in [9.17, 15) is 4.79 Å². The SMILES string of the molecule is C=C(C)c1ccc(Cl)cc1NC(=O)c1ccccc1. The van der Waals surface area contributed by atoms with Gasteiger partial charge in [-0.3, -0.25) is 4.79 Å². The second kappa shape index (κ2) is 5.72. The highest BCUT2D eigenvalue weighted by molar-refractivity contribution is 6.31. The Morgan fingerprint density at radius 2 is 1.84 bits per heavy atom. The third-order valence-electron chi connectivity index (χ3n) is 2.73. The van der Waals surface area contributed by atoms with Crippen molar-refractivity contribution in [2.45, 2.75) is 6.92 Å². The first-order valence-corrected chi connectivity index (χ1v) is 6.27. The van der Waals surface area contributed by atoms with Gasteiger partial charge in [0.15, 0.2) is 0 Å². The number of allylic oxidation sites excluding steroid dienone is 1. The van der Waals surface area contributed by atoms with Gasteiger partial charge in [-0.1, -0.05) is 42.4 Å². The summed E-state index contributed by atoms with van der Waals surface area (Å²) < 4.78 is 0. The quantitative estimate of drug-likeness (QED) is 0.867. The lowest BCUT2D eigenvalue weighted by atomic mass is 10.1. The van der Waals surface area contributed by atoms with E-state index in [0.29, 0.717) is 16.3 Å². The Kier molecular flexibility index (Phi) is 4.03. The number of amides is 1. The molecule has 2 rings (SSSR count). The van der Waals surface area contributed by atoms with Crippen LogP contribution >= 0.6 is 11.6 Å². The van der Waals surface area contributed by atoms with Crippen LogP contribution < -0.4 is 5.32 Å². The van der Waals surface area contributed by atoms with E-state index in [0.717, 1.165) is 11.1 Å². The molecule has 0 aliphatic heterocycles. The lowest BCUT2D eigenvalue weighted by molar-refractivity contribution is 0.102. The van der Waals surface area contributed by atoms with Crippen LogP contribution in [0.4, 0.5) is 5.69 Å².